The summed E-state index contributed by atoms with van der Waals surface area (Å²) in [6.07, 6.45) is 48.5. The fraction of sp³-hybridized carbons (Fsp3) is 0.703. The zero-order chi connectivity index (χ0) is 61.9. The highest BCUT2D eigenvalue weighted by atomic mass is 16.5. The Morgan fingerprint density at radius 2 is 0.640 bits per heavy atom. The Balaban J connectivity index is 0.00000168. The number of pyridine rings is 2. The minimum absolute atomic E-state index is 0. The predicted octanol–water partition coefficient (Wildman–Crippen LogP) is 15.6. The summed E-state index contributed by atoms with van der Waals surface area (Å²) in [5.74, 6) is 2.48. The molecular formula is C74H130N4O11. The highest BCUT2D eigenvalue weighted by Gasteiger charge is 2.14. The Kier molecular flexibility index (Phi) is 54.1. The zero-order valence-electron chi connectivity index (χ0n) is 57.6. The van der Waals surface area contributed by atoms with Crippen LogP contribution >= 0.6 is 0 Å². The Hall–Kier alpha value is -4.74. The molecule has 0 amide bonds. The Labute approximate surface area is 540 Å². The van der Waals surface area contributed by atoms with Gasteiger partial charge in [0.25, 0.3) is 0 Å². The van der Waals surface area contributed by atoms with Gasteiger partial charge in [0, 0.05) is 47.9 Å². The third-order valence-corrected chi connectivity index (χ3v) is 16.2. The maximum Gasteiger partial charge on any atom is 0.223 e. The summed E-state index contributed by atoms with van der Waals surface area (Å²) in [5, 5.41) is 0. The van der Waals surface area contributed by atoms with Crippen LogP contribution in [0.2, 0.25) is 0 Å². The molecule has 0 aliphatic rings. The first-order valence-electron chi connectivity index (χ1n) is 34.5. The van der Waals surface area contributed by atoms with Crippen molar-refractivity contribution in [2.24, 2.45) is 0 Å². The van der Waals surface area contributed by atoms with Crippen LogP contribution in [0.25, 0.3) is 0 Å². The van der Waals surface area contributed by atoms with Gasteiger partial charge in [-0.2, -0.15) is 0 Å². The molecule has 2 aromatic heterocycles. The molecule has 6 N–H and O–H groups in total. The van der Waals surface area contributed by atoms with E-state index in [2.05, 4.69) is 73.1 Å². The maximum atomic E-state index is 12.9. The molecule has 2 heterocycles. The molecule has 0 atom stereocenters. The number of para-hydroxylation sites is 2. The van der Waals surface area contributed by atoms with E-state index in [9.17, 15) is 9.59 Å². The summed E-state index contributed by atoms with van der Waals surface area (Å²) in [6.45, 7) is 10.9. The lowest BCUT2D eigenvalue weighted by Gasteiger charge is -2.18. The number of hydrogen-bond acceptors (Lipinski definition) is 10. The SMILES string of the molecule is CCCCCCCCCCCCCCCCCCOc1cn(Cc2ccccc2OC)c(COCCCN(C)C)cc1=O.CCCCCCCCCCCCCCCCCCOc1cn(Cc2ccccc2OC)c(COCCCN(C)C)cc1=O.O.O.O. The van der Waals surface area contributed by atoms with E-state index in [0.717, 1.165) is 85.6 Å². The maximum absolute atomic E-state index is 12.9. The number of aromatic nitrogens is 2. The van der Waals surface area contributed by atoms with Gasteiger partial charge in [-0.15, -0.1) is 0 Å². The fourth-order valence-electron chi connectivity index (χ4n) is 11.0. The van der Waals surface area contributed by atoms with E-state index in [-0.39, 0.29) is 27.3 Å². The largest absolute Gasteiger partial charge is 0.496 e. The summed E-state index contributed by atoms with van der Waals surface area (Å²) < 4.78 is 39.2. The summed E-state index contributed by atoms with van der Waals surface area (Å²) >= 11 is 0. The van der Waals surface area contributed by atoms with E-state index in [1.165, 1.54) is 180 Å². The van der Waals surface area contributed by atoms with Crippen LogP contribution in [0.4, 0.5) is 0 Å². The Morgan fingerprint density at radius 1 is 0.360 bits per heavy atom. The number of methoxy groups -OCH3 is 2. The first-order valence-corrected chi connectivity index (χ1v) is 34.5. The molecule has 89 heavy (non-hydrogen) atoms. The Bertz CT molecular complexity index is 2210. The molecule has 0 fully saturated rings. The van der Waals surface area contributed by atoms with Crippen molar-refractivity contribution in [3.8, 4) is 23.0 Å². The van der Waals surface area contributed by atoms with Crippen LogP contribution in [0, 0.1) is 0 Å². The molecular weight excluding hydrogens is 1120 g/mol. The molecule has 0 saturated carbocycles. The van der Waals surface area contributed by atoms with Crippen LogP contribution < -0.4 is 29.8 Å². The van der Waals surface area contributed by atoms with Crippen molar-refractivity contribution < 1.29 is 44.8 Å². The smallest absolute Gasteiger partial charge is 0.223 e. The van der Waals surface area contributed by atoms with Crippen molar-refractivity contribution in [3.63, 3.8) is 0 Å². The number of benzene rings is 2. The van der Waals surface area contributed by atoms with E-state index < -0.39 is 0 Å². The summed E-state index contributed by atoms with van der Waals surface area (Å²) in [5.41, 5.74) is 3.61. The molecule has 4 aromatic rings. The zero-order valence-corrected chi connectivity index (χ0v) is 57.6. The van der Waals surface area contributed by atoms with Gasteiger partial charge in [-0.1, -0.05) is 243 Å². The van der Waals surface area contributed by atoms with Gasteiger partial charge in [0.1, 0.15) is 11.5 Å². The van der Waals surface area contributed by atoms with Gasteiger partial charge in [0.15, 0.2) is 11.5 Å². The van der Waals surface area contributed by atoms with Crippen molar-refractivity contribution in [1.29, 1.82) is 0 Å². The average molecular weight is 1250 g/mol. The van der Waals surface area contributed by atoms with Crippen LogP contribution in [0.5, 0.6) is 23.0 Å². The van der Waals surface area contributed by atoms with Crippen LogP contribution in [0.15, 0.2) is 82.6 Å². The van der Waals surface area contributed by atoms with E-state index >= 15 is 0 Å². The number of hydrogen-bond donors (Lipinski definition) is 0. The van der Waals surface area contributed by atoms with Crippen molar-refractivity contribution in [3.05, 3.63) is 116 Å². The molecule has 0 saturated heterocycles. The molecule has 15 heteroatoms. The minimum atomic E-state index is -0.0836. The van der Waals surface area contributed by atoms with Gasteiger partial charge in [-0.05, 0) is 79.1 Å². The van der Waals surface area contributed by atoms with Crippen LogP contribution in [0.3, 0.4) is 0 Å². The van der Waals surface area contributed by atoms with Gasteiger partial charge < -0.3 is 63.8 Å². The van der Waals surface area contributed by atoms with E-state index in [0.29, 0.717) is 64.2 Å². The first kappa shape index (κ1) is 84.3. The first-order chi connectivity index (χ1) is 42.1. The van der Waals surface area contributed by atoms with Crippen molar-refractivity contribution >= 4 is 0 Å². The molecule has 0 radical (unpaired) electrons. The average Bonchev–Trinajstić information content (AvgIpc) is 3.66. The number of unbranched alkanes of at least 4 members (excludes halogenated alkanes) is 30. The quantitative estimate of drug-likeness (QED) is 0.0383. The Morgan fingerprint density at radius 3 is 0.921 bits per heavy atom. The van der Waals surface area contributed by atoms with Gasteiger partial charge in [0.05, 0.1) is 66.1 Å². The van der Waals surface area contributed by atoms with Crippen molar-refractivity contribution in [1.82, 2.24) is 18.9 Å². The molecule has 0 bridgehead atoms. The van der Waals surface area contributed by atoms with Crippen LogP contribution in [0.1, 0.15) is 255 Å². The third-order valence-electron chi connectivity index (χ3n) is 16.2. The van der Waals surface area contributed by atoms with Crippen molar-refractivity contribution in [2.45, 2.75) is 258 Å². The third kappa shape index (κ3) is 41.4. The normalized spacial score (nSPS) is 11.0. The van der Waals surface area contributed by atoms with Crippen molar-refractivity contribution in [2.75, 3.05) is 81.9 Å². The second-order valence-corrected chi connectivity index (χ2v) is 24.6. The van der Waals surface area contributed by atoms with E-state index in [4.69, 9.17) is 28.4 Å². The molecule has 0 aliphatic heterocycles. The molecule has 15 nitrogen and oxygen atoms in total. The topological polar surface area (TPSA) is 200 Å². The fourth-order valence-corrected chi connectivity index (χ4v) is 11.0. The minimum Gasteiger partial charge on any atom is -0.496 e. The van der Waals surface area contributed by atoms with Gasteiger partial charge in [-0.3, -0.25) is 9.59 Å². The molecule has 512 valence electrons. The van der Waals surface area contributed by atoms with Gasteiger partial charge >= 0.3 is 0 Å². The summed E-state index contributed by atoms with van der Waals surface area (Å²) in [7, 11) is 11.6. The predicted molar refractivity (Wildman–Crippen MR) is 372 cm³/mol. The summed E-state index contributed by atoms with van der Waals surface area (Å²) in [4.78, 5) is 30.1. The molecule has 0 aliphatic carbocycles. The second-order valence-electron chi connectivity index (χ2n) is 24.6. The highest BCUT2D eigenvalue weighted by molar-refractivity contribution is 5.35. The highest BCUT2D eigenvalue weighted by Crippen LogP contribution is 2.23. The number of ether oxygens (including phenoxy) is 6. The lowest BCUT2D eigenvalue weighted by Crippen LogP contribution is -2.18. The van der Waals surface area contributed by atoms with E-state index in [1.54, 1.807) is 26.4 Å². The van der Waals surface area contributed by atoms with Gasteiger partial charge in [-0.25, -0.2) is 0 Å². The lowest BCUT2D eigenvalue weighted by atomic mass is 10.0. The number of nitrogens with zero attached hydrogens (tertiary/aromatic N) is 4. The molecule has 2 aromatic carbocycles. The van der Waals surface area contributed by atoms with Gasteiger partial charge in [0.2, 0.25) is 10.9 Å². The molecule has 0 spiro atoms. The monoisotopic (exact) mass is 1250 g/mol. The summed E-state index contributed by atoms with van der Waals surface area (Å²) in [6, 6.07) is 19.3. The van der Waals surface area contributed by atoms with Crippen LogP contribution in [-0.4, -0.2) is 117 Å². The lowest BCUT2D eigenvalue weighted by molar-refractivity contribution is 0.108. The number of rotatable bonds is 54. The second kappa shape index (κ2) is 57.2. The molecule has 0 unspecified atom stereocenters. The van der Waals surface area contributed by atoms with Crippen LogP contribution in [-0.2, 0) is 35.8 Å². The molecule has 4 rings (SSSR count). The standard InChI is InChI=1S/2C37H62N2O4.3H2O/c2*1-5-6-7-8-9-10-11-12-13-14-15-16-17-18-19-22-28-43-37-31-39(30-33-24-20-21-25-36(33)41-4)34(29-35(37)40)32-42-27-23-26-38(2)3;;;/h2*20-21,24-25,29,31H,5-19,22-23,26-28,30,32H2,1-4H3;3*1H2. The van der Waals surface area contributed by atoms with E-state index in [1.807, 2.05) is 48.8 Å².